The van der Waals surface area contributed by atoms with Crippen LogP contribution in [0.1, 0.15) is 54.3 Å². The first-order valence-electron chi connectivity index (χ1n) is 9.85. The number of halogens is 1. The average molecular weight is 399 g/mol. The Morgan fingerprint density at radius 2 is 1.86 bits per heavy atom. The van der Waals surface area contributed by atoms with Crippen LogP contribution in [0.15, 0.2) is 42.5 Å². The van der Waals surface area contributed by atoms with E-state index in [4.69, 9.17) is 4.74 Å². The van der Waals surface area contributed by atoms with Crippen LogP contribution in [0, 0.1) is 11.7 Å². The fraction of sp³-hybridized carbons (Fsp3) is 0.391. The summed E-state index contributed by atoms with van der Waals surface area (Å²) >= 11 is 0. The third kappa shape index (κ3) is 5.21. The first-order valence-corrected chi connectivity index (χ1v) is 9.85. The van der Waals surface area contributed by atoms with Crippen LogP contribution in [0.4, 0.5) is 4.39 Å². The number of hydrogen-bond acceptors (Lipinski definition) is 4. The van der Waals surface area contributed by atoms with Gasteiger partial charge in [-0.2, -0.15) is 0 Å². The summed E-state index contributed by atoms with van der Waals surface area (Å²) in [4.78, 5) is 26.6. The van der Waals surface area contributed by atoms with E-state index in [1.54, 1.807) is 4.90 Å². The lowest BCUT2D eigenvalue weighted by Crippen LogP contribution is -2.32. The Morgan fingerprint density at radius 1 is 1.14 bits per heavy atom. The molecule has 29 heavy (non-hydrogen) atoms. The van der Waals surface area contributed by atoms with Gasteiger partial charge >= 0.3 is 0 Å². The number of aliphatic hydroxyl groups is 1. The predicted molar refractivity (Wildman–Crippen MR) is 107 cm³/mol. The fourth-order valence-corrected chi connectivity index (χ4v) is 3.35. The van der Waals surface area contributed by atoms with E-state index in [1.165, 1.54) is 24.3 Å². The number of ketones is 1. The first kappa shape index (κ1) is 21.0. The molecule has 0 aliphatic carbocycles. The van der Waals surface area contributed by atoms with Gasteiger partial charge in [-0.25, -0.2) is 4.39 Å². The summed E-state index contributed by atoms with van der Waals surface area (Å²) in [6.45, 7) is 5.07. The second-order valence-electron chi connectivity index (χ2n) is 7.65. The van der Waals surface area contributed by atoms with Crippen molar-refractivity contribution in [1.82, 2.24) is 4.90 Å². The monoisotopic (exact) mass is 399 g/mol. The smallest absolute Gasteiger partial charge is 0.223 e. The van der Waals surface area contributed by atoms with Gasteiger partial charge in [0.25, 0.3) is 0 Å². The molecule has 1 N–H and O–H groups in total. The number of ether oxygens (including phenoxy) is 1. The van der Waals surface area contributed by atoms with Crippen molar-refractivity contribution in [3.63, 3.8) is 0 Å². The van der Waals surface area contributed by atoms with Gasteiger partial charge in [-0.05, 0) is 47.9 Å². The van der Waals surface area contributed by atoms with E-state index in [0.717, 1.165) is 11.1 Å². The summed E-state index contributed by atoms with van der Waals surface area (Å²) < 4.78 is 18.7. The normalized spacial score (nSPS) is 14.7. The lowest BCUT2D eigenvalue weighted by molar-refractivity contribution is -0.131. The molecule has 1 unspecified atom stereocenters. The van der Waals surface area contributed by atoms with Gasteiger partial charge in [-0.1, -0.05) is 19.9 Å². The molecule has 154 valence electrons. The van der Waals surface area contributed by atoms with Crippen LogP contribution in [0.25, 0.3) is 0 Å². The quantitative estimate of drug-likeness (QED) is 0.748. The molecule has 2 aromatic rings. The lowest BCUT2D eigenvalue weighted by Gasteiger charge is -2.21. The molecule has 0 radical (unpaired) electrons. The van der Waals surface area contributed by atoms with Gasteiger partial charge in [0.2, 0.25) is 5.91 Å². The maximum atomic E-state index is 13.0. The fourth-order valence-electron chi connectivity index (χ4n) is 3.35. The number of rotatable bonds is 6. The number of Topliss-reactive ketones (excluding diaryl/α,β-unsaturated/α-hetero) is 1. The summed E-state index contributed by atoms with van der Waals surface area (Å²) in [5.74, 6) is 0.0686. The molecule has 6 heteroatoms. The van der Waals surface area contributed by atoms with E-state index < -0.39 is 11.9 Å². The van der Waals surface area contributed by atoms with Gasteiger partial charge in [-0.3, -0.25) is 9.59 Å². The average Bonchev–Trinajstić information content (AvgIpc) is 2.93. The molecule has 0 fully saturated rings. The number of nitrogens with zero attached hydrogens (tertiary/aromatic N) is 1. The van der Waals surface area contributed by atoms with Crippen molar-refractivity contribution in [1.29, 1.82) is 0 Å². The van der Waals surface area contributed by atoms with Crippen LogP contribution >= 0.6 is 0 Å². The lowest BCUT2D eigenvalue weighted by atomic mass is 9.97. The molecular weight excluding hydrogens is 373 g/mol. The van der Waals surface area contributed by atoms with E-state index in [0.29, 0.717) is 31.0 Å². The molecule has 3 rings (SSSR count). The Hall–Kier alpha value is -2.73. The first-order chi connectivity index (χ1) is 13.8. The SMILES string of the molecule is CC(C)C(O)c1ccc2c(c1)CN(C(=O)CCC(=O)c1ccc(F)cc1)CCO2. The zero-order valence-electron chi connectivity index (χ0n) is 16.7. The minimum Gasteiger partial charge on any atom is -0.491 e. The highest BCUT2D eigenvalue weighted by Gasteiger charge is 2.22. The maximum Gasteiger partial charge on any atom is 0.223 e. The summed E-state index contributed by atoms with van der Waals surface area (Å²) in [5.41, 5.74) is 2.04. The second-order valence-corrected chi connectivity index (χ2v) is 7.65. The topological polar surface area (TPSA) is 66.8 Å². The maximum absolute atomic E-state index is 13.0. The Kier molecular flexibility index (Phi) is 6.64. The number of carbonyl (C=O) groups excluding carboxylic acids is 2. The van der Waals surface area contributed by atoms with Crippen molar-refractivity contribution in [2.75, 3.05) is 13.2 Å². The van der Waals surface area contributed by atoms with E-state index in [1.807, 2.05) is 32.0 Å². The predicted octanol–water partition coefficient (Wildman–Crippen LogP) is 3.90. The highest BCUT2D eigenvalue weighted by molar-refractivity contribution is 5.97. The van der Waals surface area contributed by atoms with Crippen LogP contribution in [0.5, 0.6) is 5.75 Å². The van der Waals surface area contributed by atoms with E-state index in [9.17, 15) is 19.1 Å². The summed E-state index contributed by atoms with van der Waals surface area (Å²) in [5, 5.41) is 10.3. The number of fused-ring (bicyclic) bond motifs is 1. The van der Waals surface area contributed by atoms with Crippen molar-refractivity contribution >= 4 is 11.7 Å². The Labute approximate surface area is 170 Å². The molecule has 1 aliphatic heterocycles. The van der Waals surface area contributed by atoms with Crippen LogP contribution in [-0.2, 0) is 11.3 Å². The molecule has 1 aliphatic rings. The molecule has 1 amide bonds. The Bertz CT molecular complexity index is 879. The van der Waals surface area contributed by atoms with Crippen molar-refractivity contribution in [2.45, 2.75) is 39.3 Å². The molecule has 0 saturated heterocycles. The standard InChI is InChI=1S/C23H26FNO4/c1-15(2)23(28)17-5-9-21-18(13-17)14-25(11-12-29-21)22(27)10-8-20(26)16-3-6-19(24)7-4-16/h3-7,9,13,15,23,28H,8,10-12,14H2,1-2H3. The number of benzene rings is 2. The van der Waals surface area contributed by atoms with Crippen molar-refractivity contribution in [3.8, 4) is 5.75 Å². The highest BCUT2D eigenvalue weighted by Crippen LogP contribution is 2.29. The molecule has 1 heterocycles. The number of hydrogen-bond donors (Lipinski definition) is 1. The van der Waals surface area contributed by atoms with E-state index in [2.05, 4.69) is 0 Å². The van der Waals surface area contributed by atoms with E-state index >= 15 is 0 Å². The third-order valence-electron chi connectivity index (χ3n) is 5.12. The van der Waals surface area contributed by atoms with Gasteiger partial charge in [-0.15, -0.1) is 0 Å². The molecule has 0 aromatic heterocycles. The minimum absolute atomic E-state index is 0.0702. The summed E-state index contributed by atoms with van der Waals surface area (Å²) in [6.07, 6.45) is -0.429. The Morgan fingerprint density at radius 3 is 2.55 bits per heavy atom. The molecule has 0 spiro atoms. The minimum atomic E-state index is -0.582. The van der Waals surface area contributed by atoms with Gasteiger partial charge in [0, 0.05) is 30.5 Å². The van der Waals surface area contributed by atoms with Gasteiger partial charge < -0.3 is 14.7 Å². The van der Waals surface area contributed by atoms with Gasteiger partial charge in [0.1, 0.15) is 18.2 Å². The number of amides is 1. The van der Waals surface area contributed by atoms with Gasteiger partial charge in [0.15, 0.2) is 5.78 Å². The van der Waals surface area contributed by atoms with Crippen LogP contribution in [0.3, 0.4) is 0 Å². The molecule has 0 bridgehead atoms. The van der Waals surface area contributed by atoms with Crippen LogP contribution in [0.2, 0.25) is 0 Å². The second kappa shape index (κ2) is 9.18. The number of carbonyl (C=O) groups is 2. The number of aliphatic hydroxyl groups excluding tert-OH is 1. The summed E-state index contributed by atoms with van der Waals surface area (Å²) in [7, 11) is 0. The summed E-state index contributed by atoms with van der Waals surface area (Å²) in [6, 6.07) is 10.9. The molecule has 2 aromatic carbocycles. The van der Waals surface area contributed by atoms with Crippen LogP contribution < -0.4 is 4.74 Å². The molecular formula is C23H26FNO4. The van der Waals surface area contributed by atoms with Crippen molar-refractivity contribution < 1.29 is 23.8 Å². The molecule has 0 saturated carbocycles. The molecule has 5 nitrogen and oxygen atoms in total. The van der Waals surface area contributed by atoms with Crippen LogP contribution in [-0.4, -0.2) is 34.8 Å². The van der Waals surface area contributed by atoms with Crippen molar-refractivity contribution in [2.24, 2.45) is 5.92 Å². The van der Waals surface area contributed by atoms with Crippen molar-refractivity contribution in [3.05, 3.63) is 65.0 Å². The molecule has 1 atom stereocenters. The third-order valence-corrected chi connectivity index (χ3v) is 5.12. The Balaban J connectivity index is 1.65. The highest BCUT2D eigenvalue weighted by atomic mass is 19.1. The van der Waals surface area contributed by atoms with Gasteiger partial charge in [0.05, 0.1) is 12.6 Å². The zero-order valence-corrected chi connectivity index (χ0v) is 16.7. The zero-order chi connectivity index (χ0) is 21.0. The van der Waals surface area contributed by atoms with E-state index in [-0.39, 0.29) is 30.4 Å². The largest absolute Gasteiger partial charge is 0.491 e.